The van der Waals surface area contributed by atoms with Crippen LogP contribution >= 0.6 is 67.2 Å². The van der Waals surface area contributed by atoms with Crippen LogP contribution in [-0.4, -0.2) is 186 Å². The Morgan fingerprint density at radius 3 is 1.17 bits per heavy atom. The Morgan fingerprint density at radius 1 is 0.521 bits per heavy atom. The Bertz CT molecular complexity index is 2650. The van der Waals surface area contributed by atoms with E-state index in [0.29, 0.717) is 109 Å². The maximum Gasteiger partial charge on any atom is 0.223 e. The summed E-state index contributed by atoms with van der Waals surface area (Å²) in [4.78, 5) is 35.0. The SMILES string of the molecule is CC(SSC(C)c1cn(CCC=O)nn1)c1cn(CCC=O)nn1.CCCCCCN.CCOC(=S)SC(CC(C)c1cn(CCC(OCC)OCC)nn1)N1CCCC1=O.CCOC(CCn1cc(C(C)SSC(C)c2cn(CCC(OCC)OCC)nn2)nn1)OCC.[Cl-]. The molecule has 6 rings (SSSR count). The molecule has 0 bridgehead atoms. The normalized spacial score (nSPS) is 14.1. The van der Waals surface area contributed by atoms with E-state index in [1.165, 1.54) is 37.4 Å². The zero-order chi connectivity index (χ0) is 69.6. The number of rotatable bonds is 47. The Kier molecular flexibility index (Phi) is 49.6. The second-order valence-corrected chi connectivity index (χ2v) is 29.4. The minimum atomic E-state index is -0.230. The molecule has 546 valence electrons. The van der Waals surface area contributed by atoms with Gasteiger partial charge in [-0.2, -0.15) is 0 Å². The number of nitrogens with two attached hydrogens (primary N) is 1. The summed E-state index contributed by atoms with van der Waals surface area (Å²) < 4.78 is 48.4. The van der Waals surface area contributed by atoms with Crippen molar-refractivity contribution in [2.45, 2.75) is 251 Å². The average molecular weight is 1480 g/mol. The Morgan fingerprint density at radius 2 is 0.865 bits per heavy atom. The Labute approximate surface area is 601 Å². The standard InChI is InChI=1S/C22H40N6O4S2.C20H34N4O4S2.C14H20N6O2S2.C6H15N.ClH/c1-7-29-21(30-8-2)11-13-27-15-19(23-25-27)17(5)33-34-18(6)20-16-28(26-24-20)14-12-22(31-9-3)32-10-4;1-5-26-19(27-6-2)10-12-23-14-16(21-22-23)15(4)13-18(30-20(29)28-7-3)24-11-8-9-17(24)25;1-11(13-9-19(17-15-13)5-3-7-21)23-24-12(2)14-10-20(18-16-14)6-4-8-22;1-2-3-4-5-6-7;/h15-18,21-22H,7-14H2,1-6H3;14-15,18-19H,5-13H2,1-4H3;7-12H,3-6H2,1-2H3;2-7H2,1H3;1H/p-1. The molecule has 96 heavy (non-hydrogen) atoms. The maximum absolute atomic E-state index is 12.3. The van der Waals surface area contributed by atoms with Crippen molar-refractivity contribution < 1.29 is 59.9 Å². The lowest BCUT2D eigenvalue weighted by Crippen LogP contribution is -3.00. The quantitative estimate of drug-likeness (QED) is 0.0125. The number of unbranched alkanes of at least 4 members (excludes halogenated alkanes) is 3. The van der Waals surface area contributed by atoms with Gasteiger partial charge in [-0.15, -0.1) is 25.5 Å². The van der Waals surface area contributed by atoms with E-state index in [9.17, 15) is 14.4 Å². The van der Waals surface area contributed by atoms with Crippen LogP contribution in [0.2, 0.25) is 0 Å². The van der Waals surface area contributed by atoms with Gasteiger partial charge in [-0.3, -0.25) is 28.2 Å². The molecule has 0 aromatic carbocycles. The highest BCUT2D eigenvalue weighted by atomic mass is 35.5. The zero-order valence-corrected chi connectivity index (χ0v) is 64.4. The van der Waals surface area contributed by atoms with E-state index in [1.807, 2.05) is 98.4 Å². The van der Waals surface area contributed by atoms with Crippen molar-refractivity contribution in [3.05, 3.63) is 59.5 Å². The molecular formula is C62H109ClN17O10S6-. The minimum Gasteiger partial charge on any atom is -1.00 e. The molecule has 0 radical (unpaired) electrons. The first-order chi connectivity index (χ1) is 46.0. The second kappa shape index (κ2) is 54.0. The van der Waals surface area contributed by atoms with Gasteiger partial charge in [0.15, 0.2) is 18.9 Å². The van der Waals surface area contributed by atoms with Crippen LogP contribution in [-0.2, 0) is 80.3 Å². The Balaban J connectivity index is 0.000000468. The lowest BCUT2D eigenvalue weighted by Gasteiger charge is -2.28. The maximum atomic E-state index is 12.3. The van der Waals surface area contributed by atoms with Gasteiger partial charge in [-0.05, 0) is 114 Å². The molecule has 2 N–H and O–H groups in total. The van der Waals surface area contributed by atoms with Gasteiger partial charge in [0.1, 0.15) is 12.6 Å². The van der Waals surface area contributed by atoms with Crippen molar-refractivity contribution in [3.63, 3.8) is 0 Å². The number of nitrogens with zero attached hydrogens (tertiary/aromatic N) is 16. The van der Waals surface area contributed by atoms with Crippen molar-refractivity contribution in [1.29, 1.82) is 0 Å². The largest absolute Gasteiger partial charge is 1.00 e. The average Bonchev–Trinajstić information content (AvgIpc) is 1.76. The molecular weight excluding hydrogens is 1370 g/mol. The molecule has 1 fully saturated rings. The molecule has 6 heterocycles. The van der Waals surface area contributed by atoms with Crippen LogP contribution in [0, 0.1) is 0 Å². The zero-order valence-electron chi connectivity index (χ0n) is 58.8. The summed E-state index contributed by atoms with van der Waals surface area (Å²) >= 11 is 6.78. The smallest absolute Gasteiger partial charge is 0.223 e. The number of hydrogen-bond donors (Lipinski definition) is 1. The molecule has 0 spiro atoms. The number of amides is 1. The summed E-state index contributed by atoms with van der Waals surface area (Å²) in [7, 11) is 6.91. The lowest BCUT2D eigenvalue weighted by atomic mass is 10.0. The number of halogens is 1. The van der Waals surface area contributed by atoms with E-state index in [2.05, 4.69) is 93.1 Å². The van der Waals surface area contributed by atoms with Crippen molar-refractivity contribution >= 4 is 90.0 Å². The summed E-state index contributed by atoms with van der Waals surface area (Å²) in [5, 5.41) is 42.9. The fraction of sp³-hybridized carbons (Fsp3) is 0.774. The third-order valence-electron chi connectivity index (χ3n) is 14.1. The monoisotopic (exact) mass is 1480 g/mol. The van der Waals surface area contributed by atoms with Crippen LogP contribution in [0.15, 0.2) is 31.0 Å². The molecule has 0 aliphatic carbocycles. The molecule has 1 amide bonds. The fourth-order valence-corrected chi connectivity index (χ4v) is 15.2. The molecule has 27 nitrogen and oxygen atoms in total. The Hall–Kier alpha value is -3.84. The molecule has 34 heteroatoms. The number of aldehydes is 2. The van der Waals surface area contributed by atoms with Crippen LogP contribution in [0.1, 0.15) is 222 Å². The number of aryl methyl sites for hydroxylation is 5. The van der Waals surface area contributed by atoms with Gasteiger partial charge >= 0.3 is 0 Å². The molecule has 1 aliphatic heterocycles. The third-order valence-corrected chi connectivity index (χ3v) is 22.0. The van der Waals surface area contributed by atoms with Crippen LogP contribution < -0.4 is 18.1 Å². The summed E-state index contributed by atoms with van der Waals surface area (Å²) in [5.74, 6) is 0.309. The number of carbonyl (C=O) groups is 3. The van der Waals surface area contributed by atoms with Gasteiger partial charge in [0.2, 0.25) is 10.3 Å². The molecule has 1 saturated heterocycles. The highest BCUT2D eigenvalue weighted by molar-refractivity contribution is 8.77. The first-order valence-corrected chi connectivity index (χ1v) is 39.4. The van der Waals surface area contributed by atoms with Gasteiger partial charge in [0.25, 0.3) is 0 Å². The van der Waals surface area contributed by atoms with E-state index in [4.69, 9.17) is 51.1 Å². The first-order valence-electron chi connectivity index (χ1n) is 33.6. The fourth-order valence-electron chi connectivity index (χ4n) is 8.93. The van der Waals surface area contributed by atoms with Crippen LogP contribution in [0.25, 0.3) is 0 Å². The summed E-state index contributed by atoms with van der Waals surface area (Å²) in [5.41, 5.74) is 9.86. The van der Waals surface area contributed by atoms with Gasteiger partial charge in [0, 0.05) is 154 Å². The second-order valence-electron chi connectivity index (χ2n) is 21.7. The number of thiocarbonyl (C=S) groups is 1. The van der Waals surface area contributed by atoms with E-state index in [-0.39, 0.29) is 69.5 Å². The van der Waals surface area contributed by atoms with Crippen LogP contribution in [0.5, 0.6) is 0 Å². The molecule has 5 aromatic heterocycles. The van der Waals surface area contributed by atoms with Crippen LogP contribution in [0.3, 0.4) is 0 Å². The topological polar surface area (TPSA) is 299 Å². The van der Waals surface area contributed by atoms with E-state index in [1.54, 1.807) is 52.5 Å². The van der Waals surface area contributed by atoms with Crippen molar-refractivity contribution in [2.75, 3.05) is 59.3 Å². The highest BCUT2D eigenvalue weighted by Gasteiger charge is 2.32. The molecule has 6 unspecified atom stereocenters. The summed E-state index contributed by atoms with van der Waals surface area (Å²) in [6, 6.07) is 0. The number of ether oxygens (including phenoxy) is 7. The van der Waals surface area contributed by atoms with Crippen molar-refractivity contribution in [2.24, 2.45) is 5.73 Å². The predicted molar refractivity (Wildman–Crippen MR) is 383 cm³/mol. The van der Waals surface area contributed by atoms with Gasteiger partial charge in [-0.1, -0.05) is 114 Å². The van der Waals surface area contributed by atoms with Gasteiger partial charge in [-0.25, -0.2) is 0 Å². The molecule has 1 aliphatic rings. The summed E-state index contributed by atoms with van der Waals surface area (Å²) in [6.45, 7) is 35.5. The lowest BCUT2D eigenvalue weighted by molar-refractivity contribution is -0.141. The number of hydrogen-bond acceptors (Lipinski definition) is 27. The van der Waals surface area contributed by atoms with Crippen LogP contribution in [0.4, 0.5) is 0 Å². The van der Waals surface area contributed by atoms with E-state index < -0.39 is 0 Å². The number of likely N-dealkylation sites (tertiary alicyclic amines) is 1. The minimum absolute atomic E-state index is 0. The summed E-state index contributed by atoms with van der Waals surface area (Å²) in [6.07, 6.45) is 21.3. The molecule has 0 saturated carbocycles. The third kappa shape index (κ3) is 36.0. The van der Waals surface area contributed by atoms with Crippen molar-refractivity contribution in [3.8, 4) is 0 Å². The first kappa shape index (κ1) is 88.2. The number of aromatic nitrogens is 15. The molecule has 6 atom stereocenters. The number of carbonyl (C=O) groups excluding carboxylic acids is 3. The highest BCUT2D eigenvalue weighted by Crippen LogP contribution is 2.46. The van der Waals surface area contributed by atoms with Gasteiger partial charge in [0.05, 0.1) is 61.5 Å². The molecule has 5 aromatic rings. The predicted octanol–water partition coefficient (Wildman–Crippen LogP) is 9.00. The van der Waals surface area contributed by atoms with Crippen molar-refractivity contribution in [1.82, 2.24) is 79.9 Å². The van der Waals surface area contributed by atoms with E-state index >= 15 is 0 Å². The number of thioether (sulfide) groups is 1. The van der Waals surface area contributed by atoms with Gasteiger partial charge < -0.3 is 65.8 Å². The van der Waals surface area contributed by atoms with E-state index in [0.717, 1.165) is 79.8 Å².